The number of furan rings is 1. The molecule has 0 aliphatic carbocycles. The van der Waals surface area contributed by atoms with Crippen molar-refractivity contribution >= 4 is 7.60 Å². The number of rotatable bonds is 5. The molecule has 0 aromatic carbocycles. The third kappa shape index (κ3) is 2.25. The van der Waals surface area contributed by atoms with Crippen LogP contribution in [-0.2, 0) is 9.72 Å². The van der Waals surface area contributed by atoms with E-state index < -0.39 is 12.8 Å². The lowest BCUT2D eigenvalue weighted by molar-refractivity contribution is 0.302. The van der Waals surface area contributed by atoms with Gasteiger partial charge in [0.2, 0.25) is 0 Å². The van der Waals surface area contributed by atoms with Crippen molar-refractivity contribution in [1.29, 1.82) is 0 Å². The van der Waals surface area contributed by atoms with Gasteiger partial charge in [-0.15, -0.1) is 0 Å². The van der Waals surface area contributed by atoms with E-state index in [0.717, 1.165) is 0 Å². The first kappa shape index (κ1) is 14.0. The van der Waals surface area contributed by atoms with E-state index in [0.29, 0.717) is 5.76 Å². The molecule has 0 unspecified atom stereocenters. The van der Waals surface area contributed by atoms with Crippen LogP contribution in [0.15, 0.2) is 27.3 Å². The van der Waals surface area contributed by atoms with Gasteiger partial charge in [-0.25, -0.2) is 0 Å². The van der Waals surface area contributed by atoms with Crippen molar-refractivity contribution in [3.8, 4) is 11.7 Å². The molecule has 0 spiro atoms. The summed E-state index contributed by atoms with van der Waals surface area (Å²) in [6.45, 7) is 3.37. The third-order valence-corrected chi connectivity index (χ3v) is 5.25. The van der Waals surface area contributed by atoms with Crippen molar-refractivity contribution in [3.05, 3.63) is 24.2 Å². The lowest BCUT2D eigenvalue weighted by atomic mass is 10.0. The second-order valence-corrected chi connectivity index (χ2v) is 6.13. The van der Waals surface area contributed by atoms with Gasteiger partial charge in [-0.2, -0.15) is 4.98 Å². The minimum absolute atomic E-state index is 0.0113. The summed E-state index contributed by atoms with van der Waals surface area (Å²) in [7, 11) is -4.41. The highest BCUT2D eigenvalue weighted by Gasteiger charge is 2.49. The van der Waals surface area contributed by atoms with Crippen molar-refractivity contribution in [3.63, 3.8) is 0 Å². The molecule has 0 saturated heterocycles. The van der Waals surface area contributed by atoms with Crippen molar-refractivity contribution in [2.45, 2.75) is 31.8 Å². The molecule has 2 rings (SSSR count). The summed E-state index contributed by atoms with van der Waals surface area (Å²) in [5.74, 6) is 0.488. The van der Waals surface area contributed by atoms with Gasteiger partial charge in [0.1, 0.15) is 5.16 Å². The van der Waals surface area contributed by atoms with E-state index in [2.05, 4.69) is 10.1 Å². The minimum Gasteiger partial charge on any atom is -0.459 e. The van der Waals surface area contributed by atoms with Crippen molar-refractivity contribution < 1.29 is 23.3 Å². The Hall–Kier alpha value is -1.43. The van der Waals surface area contributed by atoms with E-state index in [1.807, 2.05) is 0 Å². The molecule has 2 aromatic rings. The van der Waals surface area contributed by atoms with Crippen LogP contribution in [0.4, 0.5) is 0 Å². The average molecular weight is 286 g/mol. The molecule has 0 saturated carbocycles. The predicted octanol–water partition coefficient (Wildman–Crippen LogP) is 2.52. The Bertz CT molecular complexity index is 582. The summed E-state index contributed by atoms with van der Waals surface area (Å²) in [6.07, 6.45) is 1.88. The number of hydrogen-bond acceptors (Lipinski definition) is 5. The first-order valence-electron chi connectivity index (χ1n) is 5.88. The van der Waals surface area contributed by atoms with E-state index in [4.69, 9.17) is 8.94 Å². The molecule has 0 atom stereocenters. The van der Waals surface area contributed by atoms with Crippen LogP contribution < -0.4 is 0 Å². The zero-order chi connectivity index (χ0) is 14.1. The summed E-state index contributed by atoms with van der Waals surface area (Å²) in [5, 5.41) is 2.30. The van der Waals surface area contributed by atoms with Gasteiger partial charge in [0, 0.05) is 0 Å². The fourth-order valence-electron chi connectivity index (χ4n) is 2.02. The Kier molecular flexibility index (Phi) is 3.62. The number of hydrogen-bond donors (Lipinski definition) is 2. The molecular weight excluding hydrogens is 271 g/mol. The lowest BCUT2D eigenvalue weighted by Crippen LogP contribution is -2.26. The zero-order valence-corrected chi connectivity index (χ0v) is 11.5. The van der Waals surface area contributed by atoms with Crippen LogP contribution in [0.3, 0.4) is 0 Å². The predicted molar refractivity (Wildman–Crippen MR) is 66.3 cm³/mol. The molecule has 0 fully saturated rings. The summed E-state index contributed by atoms with van der Waals surface area (Å²) in [6, 6.07) is 3.30. The van der Waals surface area contributed by atoms with Gasteiger partial charge in [0.25, 0.3) is 5.89 Å². The van der Waals surface area contributed by atoms with Crippen LogP contribution in [0.25, 0.3) is 11.7 Å². The van der Waals surface area contributed by atoms with E-state index in [9.17, 15) is 14.4 Å². The molecule has 2 N–H and O–H groups in total. The number of nitrogens with zero attached hydrogens (tertiary/aromatic N) is 2. The molecule has 0 amide bonds. The van der Waals surface area contributed by atoms with Gasteiger partial charge in [-0.05, 0) is 25.0 Å². The van der Waals surface area contributed by atoms with Crippen molar-refractivity contribution in [1.82, 2.24) is 10.1 Å². The molecule has 0 aliphatic heterocycles. The average Bonchev–Trinajstić information content (AvgIpc) is 3.00. The standard InChI is InChI=1S/C11H15N2O5P/c1-3-11(4-2,19(14,15)16)10-12-9(18-13-10)8-6-5-7-17-8/h5-7H,3-4H2,1-2H3,(H2,14,15,16). The Morgan fingerprint density at radius 1 is 1.37 bits per heavy atom. The molecule has 0 radical (unpaired) electrons. The van der Waals surface area contributed by atoms with Crippen LogP contribution in [0, 0.1) is 0 Å². The van der Waals surface area contributed by atoms with Crippen LogP contribution >= 0.6 is 7.60 Å². The third-order valence-electron chi connectivity index (χ3n) is 3.30. The maximum Gasteiger partial charge on any atom is 0.339 e. The van der Waals surface area contributed by atoms with Gasteiger partial charge in [0.15, 0.2) is 11.6 Å². The van der Waals surface area contributed by atoms with Crippen molar-refractivity contribution in [2.24, 2.45) is 0 Å². The summed E-state index contributed by atoms with van der Waals surface area (Å²) in [5.41, 5.74) is 0. The van der Waals surface area contributed by atoms with Gasteiger partial charge in [-0.3, -0.25) is 4.57 Å². The molecule has 7 nitrogen and oxygen atoms in total. The monoisotopic (exact) mass is 286 g/mol. The second kappa shape index (κ2) is 4.92. The first-order chi connectivity index (χ1) is 8.94. The maximum atomic E-state index is 11.8. The summed E-state index contributed by atoms with van der Waals surface area (Å²) in [4.78, 5) is 23.2. The van der Waals surface area contributed by atoms with Crippen molar-refractivity contribution in [2.75, 3.05) is 0 Å². The minimum atomic E-state index is -4.41. The Morgan fingerprint density at radius 2 is 2.05 bits per heavy atom. The molecule has 8 heteroatoms. The maximum absolute atomic E-state index is 11.8. The highest BCUT2D eigenvalue weighted by Crippen LogP contribution is 2.60. The first-order valence-corrected chi connectivity index (χ1v) is 7.49. The SMILES string of the molecule is CCC(CC)(c1noc(-c2ccco2)n1)P(=O)(O)O. The van der Waals surface area contributed by atoms with E-state index in [1.165, 1.54) is 6.26 Å². The quantitative estimate of drug-likeness (QED) is 0.812. The highest BCUT2D eigenvalue weighted by atomic mass is 31.2. The van der Waals surface area contributed by atoms with Crippen LogP contribution in [-0.4, -0.2) is 19.9 Å². The van der Waals surface area contributed by atoms with Gasteiger partial charge in [0.05, 0.1) is 6.26 Å². The van der Waals surface area contributed by atoms with Crippen LogP contribution in [0.5, 0.6) is 0 Å². The van der Waals surface area contributed by atoms with E-state index in [1.54, 1.807) is 26.0 Å². The van der Waals surface area contributed by atoms with Gasteiger partial charge in [-0.1, -0.05) is 19.0 Å². The molecule has 2 heterocycles. The molecule has 104 valence electrons. The normalized spacial score (nSPS) is 12.8. The van der Waals surface area contributed by atoms with Gasteiger partial charge < -0.3 is 18.7 Å². The molecule has 2 aromatic heterocycles. The molecule has 0 aliphatic rings. The Labute approximate surface area is 109 Å². The highest BCUT2D eigenvalue weighted by molar-refractivity contribution is 7.53. The van der Waals surface area contributed by atoms with Crippen LogP contribution in [0.2, 0.25) is 0 Å². The Morgan fingerprint density at radius 3 is 2.53 bits per heavy atom. The largest absolute Gasteiger partial charge is 0.459 e. The van der Waals surface area contributed by atoms with E-state index in [-0.39, 0.29) is 24.6 Å². The number of aromatic nitrogens is 2. The van der Waals surface area contributed by atoms with Gasteiger partial charge >= 0.3 is 7.60 Å². The lowest BCUT2D eigenvalue weighted by Gasteiger charge is -2.28. The fourth-order valence-corrected chi connectivity index (χ4v) is 3.20. The molecule has 0 bridgehead atoms. The second-order valence-electron chi connectivity index (χ2n) is 4.18. The topological polar surface area (TPSA) is 110 Å². The smallest absolute Gasteiger partial charge is 0.339 e. The summed E-state index contributed by atoms with van der Waals surface area (Å²) >= 11 is 0. The Balaban J connectivity index is 2.48. The fraction of sp³-hybridized carbons (Fsp3) is 0.455. The van der Waals surface area contributed by atoms with E-state index >= 15 is 0 Å². The molecule has 19 heavy (non-hydrogen) atoms. The van der Waals surface area contributed by atoms with Crippen LogP contribution in [0.1, 0.15) is 32.5 Å². The molecular formula is C11H15N2O5P. The summed E-state index contributed by atoms with van der Waals surface area (Å²) < 4.78 is 21.9. The zero-order valence-electron chi connectivity index (χ0n) is 10.6.